The molecule has 0 bridgehead atoms. The minimum atomic E-state index is -3.63. The second-order valence-electron chi connectivity index (χ2n) is 8.93. The molecule has 0 radical (unpaired) electrons. The number of hydrogen-bond acceptors (Lipinski definition) is 5. The van der Waals surface area contributed by atoms with Crippen LogP contribution in [0, 0.1) is 12.3 Å². The Bertz CT molecular complexity index is 1050. The van der Waals surface area contributed by atoms with Crippen molar-refractivity contribution in [3.63, 3.8) is 0 Å². The fraction of sp³-hybridized carbons (Fsp3) is 0.571. The Labute approximate surface area is 171 Å². The molecule has 158 valence electrons. The van der Waals surface area contributed by atoms with Gasteiger partial charge < -0.3 is 9.72 Å². The van der Waals surface area contributed by atoms with Crippen LogP contribution in [-0.2, 0) is 21.2 Å². The number of ketones is 1. The van der Waals surface area contributed by atoms with Gasteiger partial charge in [0.15, 0.2) is 5.78 Å². The molecule has 0 saturated carbocycles. The first-order valence-electron chi connectivity index (χ1n) is 10.1. The van der Waals surface area contributed by atoms with Crippen LogP contribution in [0.1, 0.15) is 41.9 Å². The van der Waals surface area contributed by atoms with E-state index in [9.17, 15) is 13.2 Å². The van der Waals surface area contributed by atoms with Gasteiger partial charge in [-0.2, -0.15) is 0 Å². The van der Waals surface area contributed by atoms with E-state index in [0.29, 0.717) is 43.8 Å². The zero-order valence-corrected chi connectivity index (χ0v) is 18.1. The van der Waals surface area contributed by atoms with E-state index >= 15 is 0 Å². The molecule has 1 saturated heterocycles. The number of rotatable bonds is 5. The number of aromatic nitrogens is 1. The molecule has 8 heteroatoms. The molecule has 1 aliphatic carbocycles. The molecule has 2 heterocycles. The summed E-state index contributed by atoms with van der Waals surface area (Å²) in [5.74, 6) is 0.126. The van der Waals surface area contributed by atoms with Gasteiger partial charge in [-0.15, -0.1) is 0 Å². The maximum Gasteiger partial charge on any atom is 0.240 e. The van der Waals surface area contributed by atoms with E-state index in [1.165, 1.54) is 0 Å². The van der Waals surface area contributed by atoms with Crippen LogP contribution in [-0.4, -0.2) is 63.5 Å². The molecular weight excluding hydrogens is 390 g/mol. The van der Waals surface area contributed by atoms with Crippen molar-refractivity contribution >= 4 is 26.7 Å². The molecule has 0 amide bonds. The first kappa shape index (κ1) is 20.5. The van der Waals surface area contributed by atoms with Crippen molar-refractivity contribution < 1.29 is 17.9 Å². The normalized spacial score (nSPS) is 20.2. The van der Waals surface area contributed by atoms with E-state index in [-0.39, 0.29) is 16.1 Å². The highest BCUT2D eigenvalue weighted by Gasteiger charge is 2.34. The van der Waals surface area contributed by atoms with Crippen LogP contribution in [0.15, 0.2) is 17.0 Å². The second kappa shape index (κ2) is 7.50. The fourth-order valence-corrected chi connectivity index (χ4v) is 5.70. The summed E-state index contributed by atoms with van der Waals surface area (Å²) in [7, 11) is -3.63. The van der Waals surface area contributed by atoms with Gasteiger partial charge in [0.05, 0.1) is 18.1 Å². The Morgan fingerprint density at radius 3 is 2.66 bits per heavy atom. The number of nitrogens with zero attached hydrogens (tertiary/aromatic N) is 1. The molecular formula is C21H29N3O4S. The number of carbonyl (C=O) groups excluding carboxylic acids is 1. The van der Waals surface area contributed by atoms with Crippen LogP contribution in [0.3, 0.4) is 0 Å². The number of H-pyrrole nitrogens is 1. The topological polar surface area (TPSA) is 91.5 Å². The van der Waals surface area contributed by atoms with E-state index < -0.39 is 10.0 Å². The zero-order valence-electron chi connectivity index (χ0n) is 17.3. The van der Waals surface area contributed by atoms with Crippen molar-refractivity contribution in [1.29, 1.82) is 0 Å². The van der Waals surface area contributed by atoms with Crippen molar-refractivity contribution in [3.05, 3.63) is 29.0 Å². The molecule has 1 aromatic heterocycles. The Balaban J connectivity index is 1.59. The van der Waals surface area contributed by atoms with Crippen molar-refractivity contribution in [3.8, 4) is 0 Å². The summed E-state index contributed by atoms with van der Waals surface area (Å²) < 4.78 is 33.9. The Morgan fingerprint density at radius 2 is 1.93 bits per heavy atom. The zero-order chi connectivity index (χ0) is 20.8. The predicted octanol–water partition coefficient (Wildman–Crippen LogP) is 2.24. The average Bonchev–Trinajstić information content (AvgIpc) is 2.97. The summed E-state index contributed by atoms with van der Waals surface area (Å²) in [6.07, 6.45) is 1.29. The molecule has 1 aliphatic heterocycles. The second-order valence-corrected chi connectivity index (χ2v) is 10.7. The summed E-state index contributed by atoms with van der Waals surface area (Å²) in [4.78, 5) is 18.5. The Kier molecular flexibility index (Phi) is 5.31. The lowest BCUT2D eigenvalue weighted by atomic mass is 9.76. The van der Waals surface area contributed by atoms with Gasteiger partial charge in [-0.1, -0.05) is 13.8 Å². The maximum absolute atomic E-state index is 12.9. The molecule has 2 aromatic rings. The Morgan fingerprint density at radius 1 is 1.21 bits per heavy atom. The lowest BCUT2D eigenvalue weighted by Gasteiger charge is -2.28. The van der Waals surface area contributed by atoms with Crippen molar-refractivity contribution in [1.82, 2.24) is 14.6 Å². The SMILES string of the molecule is Cc1cc2c3c([nH]c2cc1S(=O)(=O)NCCN1CCOCC1)CC(C)(C)CC3=O. The molecule has 0 spiro atoms. The van der Waals surface area contributed by atoms with Crippen LogP contribution in [0.2, 0.25) is 0 Å². The molecule has 29 heavy (non-hydrogen) atoms. The molecule has 2 N–H and O–H groups in total. The standard InChI is InChI=1S/C21H29N3O4S/c1-14-10-15-16(23-17-12-21(2,3)13-18(25)20(15)17)11-19(14)29(26,27)22-4-5-24-6-8-28-9-7-24/h10-11,22-23H,4-9,12-13H2,1-3H3. The average molecular weight is 420 g/mol. The summed E-state index contributed by atoms with van der Waals surface area (Å²) in [6.45, 7) is 9.99. The summed E-state index contributed by atoms with van der Waals surface area (Å²) >= 11 is 0. The van der Waals surface area contributed by atoms with E-state index in [4.69, 9.17) is 4.74 Å². The summed E-state index contributed by atoms with van der Waals surface area (Å²) in [6, 6.07) is 3.50. The Hall–Kier alpha value is -1.74. The molecule has 1 fully saturated rings. The number of aryl methyl sites for hydroxylation is 1. The van der Waals surface area contributed by atoms with Crippen LogP contribution >= 0.6 is 0 Å². The number of hydrogen-bond donors (Lipinski definition) is 2. The fourth-order valence-electron chi connectivity index (χ4n) is 4.43. The predicted molar refractivity (Wildman–Crippen MR) is 112 cm³/mol. The third-order valence-electron chi connectivity index (χ3n) is 5.86. The number of Topliss-reactive ketones (excluding diaryl/α,β-unsaturated/α-hetero) is 1. The van der Waals surface area contributed by atoms with Gasteiger partial charge >= 0.3 is 0 Å². The van der Waals surface area contributed by atoms with Gasteiger partial charge in [-0.25, -0.2) is 13.1 Å². The highest BCUT2D eigenvalue weighted by atomic mass is 32.2. The molecule has 0 atom stereocenters. The minimum absolute atomic E-state index is 0.0873. The number of fused-ring (bicyclic) bond motifs is 3. The van der Waals surface area contributed by atoms with E-state index in [0.717, 1.165) is 36.2 Å². The van der Waals surface area contributed by atoms with Gasteiger partial charge in [0.1, 0.15) is 0 Å². The molecule has 4 rings (SSSR count). The minimum Gasteiger partial charge on any atom is -0.379 e. The molecule has 0 unspecified atom stereocenters. The number of benzene rings is 1. The maximum atomic E-state index is 12.9. The van der Waals surface area contributed by atoms with E-state index in [1.54, 1.807) is 13.0 Å². The summed E-state index contributed by atoms with van der Waals surface area (Å²) in [5.41, 5.74) is 2.91. The van der Waals surface area contributed by atoms with Crippen molar-refractivity contribution in [2.45, 2.75) is 38.5 Å². The van der Waals surface area contributed by atoms with Gasteiger partial charge in [0.25, 0.3) is 0 Å². The monoisotopic (exact) mass is 419 g/mol. The summed E-state index contributed by atoms with van der Waals surface area (Å²) in [5, 5.41) is 0.824. The highest BCUT2D eigenvalue weighted by molar-refractivity contribution is 7.89. The lowest BCUT2D eigenvalue weighted by molar-refractivity contribution is 0.0390. The largest absolute Gasteiger partial charge is 0.379 e. The number of carbonyl (C=O) groups is 1. The number of nitrogens with one attached hydrogen (secondary N) is 2. The number of ether oxygens (including phenoxy) is 1. The number of sulfonamides is 1. The van der Waals surface area contributed by atoms with Gasteiger partial charge in [0.2, 0.25) is 10.0 Å². The van der Waals surface area contributed by atoms with Gasteiger partial charge in [0, 0.05) is 54.8 Å². The van der Waals surface area contributed by atoms with Crippen LogP contribution in [0.5, 0.6) is 0 Å². The quantitative estimate of drug-likeness (QED) is 0.776. The number of morpholine rings is 1. The van der Waals surface area contributed by atoms with E-state index in [2.05, 4.69) is 28.5 Å². The van der Waals surface area contributed by atoms with Crippen LogP contribution < -0.4 is 4.72 Å². The first-order valence-corrected chi connectivity index (χ1v) is 11.6. The van der Waals surface area contributed by atoms with Crippen LogP contribution in [0.25, 0.3) is 10.9 Å². The lowest BCUT2D eigenvalue weighted by Crippen LogP contribution is -2.41. The molecule has 7 nitrogen and oxygen atoms in total. The third kappa shape index (κ3) is 4.12. The molecule has 2 aliphatic rings. The van der Waals surface area contributed by atoms with Crippen molar-refractivity contribution in [2.75, 3.05) is 39.4 Å². The smallest absolute Gasteiger partial charge is 0.240 e. The van der Waals surface area contributed by atoms with Gasteiger partial charge in [-0.3, -0.25) is 9.69 Å². The third-order valence-corrected chi connectivity index (χ3v) is 7.46. The van der Waals surface area contributed by atoms with Gasteiger partial charge in [-0.05, 0) is 36.5 Å². The number of aromatic amines is 1. The van der Waals surface area contributed by atoms with Crippen molar-refractivity contribution in [2.24, 2.45) is 5.41 Å². The first-order chi connectivity index (χ1) is 13.7. The molecule has 1 aromatic carbocycles. The van der Waals surface area contributed by atoms with E-state index in [1.807, 2.05) is 6.07 Å². The van der Waals surface area contributed by atoms with Crippen LogP contribution in [0.4, 0.5) is 0 Å². The highest BCUT2D eigenvalue weighted by Crippen LogP contribution is 2.38.